The summed E-state index contributed by atoms with van der Waals surface area (Å²) in [7, 11) is 0. The number of ether oxygens (including phenoxy) is 2. The molecule has 2 aliphatic carbocycles. The number of aryl methyl sites for hydroxylation is 1. The van der Waals surface area contributed by atoms with Gasteiger partial charge in [0.2, 0.25) is 0 Å². The summed E-state index contributed by atoms with van der Waals surface area (Å²) >= 11 is 0. The lowest BCUT2D eigenvalue weighted by molar-refractivity contribution is -0.0535. The Bertz CT molecular complexity index is 1090. The molecule has 2 amide bonds. The van der Waals surface area contributed by atoms with Gasteiger partial charge in [-0.1, -0.05) is 43.5 Å². The number of amides is 2. The summed E-state index contributed by atoms with van der Waals surface area (Å²) < 4.78 is 26.0. The quantitative estimate of drug-likeness (QED) is 0.367. The first-order valence-corrected chi connectivity index (χ1v) is 13.8. The molecule has 2 atom stereocenters. The number of anilines is 1. The average molecular weight is 527 g/mol. The van der Waals surface area contributed by atoms with Gasteiger partial charge < -0.3 is 24.8 Å². The van der Waals surface area contributed by atoms with Crippen molar-refractivity contribution in [2.45, 2.75) is 89.6 Å². The first-order valence-electron chi connectivity index (χ1n) is 13.8. The van der Waals surface area contributed by atoms with E-state index in [1.54, 1.807) is 25.1 Å². The Labute approximate surface area is 224 Å². The molecule has 206 valence electrons. The molecule has 2 aliphatic rings. The molecular formula is C30H39FN2O5. The molecule has 8 heteroatoms. The predicted octanol–water partition coefficient (Wildman–Crippen LogP) is 6.54. The Morgan fingerprint density at radius 2 is 1.74 bits per heavy atom. The van der Waals surface area contributed by atoms with E-state index in [0.717, 1.165) is 56.9 Å². The molecule has 0 aromatic heterocycles. The van der Waals surface area contributed by atoms with Crippen molar-refractivity contribution in [1.82, 2.24) is 4.90 Å². The molecule has 0 spiro atoms. The number of urea groups is 1. The molecular weight excluding hydrogens is 487 g/mol. The van der Waals surface area contributed by atoms with E-state index < -0.39 is 5.97 Å². The van der Waals surface area contributed by atoms with Crippen molar-refractivity contribution in [3.05, 3.63) is 65.0 Å². The van der Waals surface area contributed by atoms with Crippen LogP contribution in [-0.4, -0.2) is 53.4 Å². The zero-order chi connectivity index (χ0) is 26.9. The van der Waals surface area contributed by atoms with Crippen LogP contribution in [0.5, 0.6) is 0 Å². The minimum atomic E-state index is -0.935. The Kier molecular flexibility index (Phi) is 10.1. The highest BCUT2D eigenvalue weighted by Crippen LogP contribution is 2.27. The first-order chi connectivity index (χ1) is 18.4. The van der Waals surface area contributed by atoms with Crippen molar-refractivity contribution in [2.24, 2.45) is 0 Å². The Morgan fingerprint density at radius 3 is 2.47 bits per heavy atom. The van der Waals surface area contributed by atoms with Gasteiger partial charge in [0, 0.05) is 18.3 Å². The summed E-state index contributed by atoms with van der Waals surface area (Å²) in [5, 5.41) is 12.4. The molecule has 2 aromatic rings. The minimum Gasteiger partial charge on any atom is -0.478 e. The molecule has 0 saturated heterocycles. The second-order valence-electron chi connectivity index (χ2n) is 10.4. The maximum atomic E-state index is 13.6. The number of aromatic carboxylic acids is 1. The molecule has 0 unspecified atom stereocenters. The normalized spacial score (nSPS) is 20.2. The van der Waals surface area contributed by atoms with Crippen LogP contribution in [0.15, 0.2) is 42.5 Å². The second kappa shape index (κ2) is 13.7. The smallest absolute Gasteiger partial charge is 0.336 e. The SMILES string of the molecule is Cc1cccc(CO[C@@H]2CCC[C@H](OCCN(C(=O)Nc3cccc(F)c3)C3CCCCC3)C2)c1C(=O)O. The Morgan fingerprint density at radius 1 is 1.00 bits per heavy atom. The van der Waals surface area contributed by atoms with E-state index in [1.807, 2.05) is 17.0 Å². The van der Waals surface area contributed by atoms with E-state index >= 15 is 0 Å². The van der Waals surface area contributed by atoms with Gasteiger partial charge >= 0.3 is 12.0 Å². The molecule has 0 radical (unpaired) electrons. The average Bonchev–Trinajstić information content (AvgIpc) is 2.90. The van der Waals surface area contributed by atoms with Crippen LogP contribution in [0.4, 0.5) is 14.9 Å². The van der Waals surface area contributed by atoms with E-state index in [-0.39, 0.29) is 36.7 Å². The summed E-state index contributed by atoms with van der Waals surface area (Å²) in [6.45, 7) is 2.95. The van der Waals surface area contributed by atoms with Gasteiger partial charge in [0.25, 0.3) is 0 Å². The fraction of sp³-hybridized carbons (Fsp3) is 0.533. The highest BCUT2D eigenvalue weighted by molar-refractivity contribution is 5.91. The van der Waals surface area contributed by atoms with Crippen LogP contribution in [0.2, 0.25) is 0 Å². The molecule has 4 rings (SSSR count). The van der Waals surface area contributed by atoms with Gasteiger partial charge in [0.1, 0.15) is 5.82 Å². The number of carboxylic acids is 1. The van der Waals surface area contributed by atoms with Crippen molar-refractivity contribution >= 4 is 17.7 Å². The van der Waals surface area contributed by atoms with Gasteiger partial charge in [0.05, 0.1) is 31.0 Å². The molecule has 38 heavy (non-hydrogen) atoms. The van der Waals surface area contributed by atoms with Crippen LogP contribution in [-0.2, 0) is 16.1 Å². The zero-order valence-corrected chi connectivity index (χ0v) is 22.2. The number of rotatable bonds is 10. The number of benzene rings is 2. The van der Waals surface area contributed by atoms with E-state index in [9.17, 15) is 19.1 Å². The van der Waals surface area contributed by atoms with Crippen LogP contribution in [0.3, 0.4) is 0 Å². The van der Waals surface area contributed by atoms with E-state index in [2.05, 4.69) is 5.32 Å². The molecule has 2 N–H and O–H groups in total. The van der Waals surface area contributed by atoms with Gasteiger partial charge in [-0.05, 0) is 74.8 Å². The third kappa shape index (κ3) is 7.77. The van der Waals surface area contributed by atoms with Crippen LogP contribution in [0, 0.1) is 12.7 Å². The number of nitrogens with one attached hydrogen (secondary N) is 1. The maximum Gasteiger partial charge on any atom is 0.336 e. The summed E-state index contributed by atoms with van der Waals surface area (Å²) in [6.07, 6.45) is 8.91. The fourth-order valence-electron chi connectivity index (χ4n) is 5.69. The standard InChI is InChI=1S/C30H39FN2O5/c1-21-8-5-9-22(28(21)29(34)35)20-38-27-15-7-14-26(19-27)37-17-16-33(25-12-3-2-4-13-25)30(36)32-24-11-6-10-23(31)18-24/h5-6,8-11,18,25-27H,2-4,7,12-17,19-20H2,1H3,(H,32,36)(H,34,35)/t26-,27+/m0/s1. The second-order valence-corrected chi connectivity index (χ2v) is 10.4. The number of hydrogen-bond acceptors (Lipinski definition) is 4. The van der Waals surface area contributed by atoms with Crippen LogP contribution >= 0.6 is 0 Å². The lowest BCUT2D eigenvalue weighted by Crippen LogP contribution is -2.46. The van der Waals surface area contributed by atoms with Crippen LogP contribution in [0.1, 0.15) is 79.3 Å². The van der Waals surface area contributed by atoms with Gasteiger partial charge in [-0.2, -0.15) is 0 Å². The number of halogens is 1. The summed E-state index contributed by atoms with van der Waals surface area (Å²) in [5.41, 5.74) is 2.18. The van der Waals surface area contributed by atoms with Gasteiger partial charge in [-0.25, -0.2) is 14.0 Å². The van der Waals surface area contributed by atoms with E-state index in [4.69, 9.17) is 9.47 Å². The van der Waals surface area contributed by atoms with Crippen LogP contribution < -0.4 is 5.32 Å². The van der Waals surface area contributed by atoms with E-state index in [1.165, 1.54) is 18.6 Å². The van der Waals surface area contributed by atoms with Crippen molar-refractivity contribution in [2.75, 3.05) is 18.5 Å². The van der Waals surface area contributed by atoms with Gasteiger partial charge in [-0.3, -0.25) is 0 Å². The number of hydrogen-bond donors (Lipinski definition) is 2. The van der Waals surface area contributed by atoms with Crippen LogP contribution in [0.25, 0.3) is 0 Å². The third-order valence-corrected chi connectivity index (χ3v) is 7.66. The first kappa shape index (κ1) is 28.0. The number of carboxylic acid groups (broad SMARTS) is 1. The predicted molar refractivity (Wildman–Crippen MR) is 144 cm³/mol. The minimum absolute atomic E-state index is 0.00151. The summed E-state index contributed by atoms with van der Waals surface area (Å²) in [5.74, 6) is -1.32. The van der Waals surface area contributed by atoms with Crippen molar-refractivity contribution in [1.29, 1.82) is 0 Å². The Hall–Kier alpha value is -2.97. The monoisotopic (exact) mass is 526 g/mol. The molecule has 7 nitrogen and oxygen atoms in total. The fourth-order valence-corrected chi connectivity index (χ4v) is 5.69. The number of carbonyl (C=O) groups is 2. The maximum absolute atomic E-state index is 13.6. The summed E-state index contributed by atoms with van der Waals surface area (Å²) in [4.78, 5) is 26.7. The molecule has 0 heterocycles. The van der Waals surface area contributed by atoms with E-state index in [0.29, 0.717) is 30.0 Å². The topological polar surface area (TPSA) is 88.1 Å². The lowest BCUT2D eigenvalue weighted by Gasteiger charge is -2.35. The van der Waals surface area contributed by atoms with Gasteiger partial charge in [0.15, 0.2) is 0 Å². The van der Waals surface area contributed by atoms with Crippen molar-refractivity contribution in [3.63, 3.8) is 0 Å². The molecule has 0 bridgehead atoms. The molecule has 0 aliphatic heterocycles. The third-order valence-electron chi connectivity index (χ3n) is 7.66. The highest BCUT2D eigenvalue weighted by atomic mass is 19.1. The Balaban J connectivity index is 1.29. The van der Waals surface area contributed by atoms with Crippen molar-refractivity contribution < 1.29 is 28.6 Å². The van der Waals surface area contributed by atoms with Crippen molar-refractivity contribution in [3.8, 4) is 0 Å². The molecule has 2 aromatic carbocycles. The van der Waals surface area contributed by atoms with Gasteiger partial charge in [-0.15, -0.1) is 0 Å². The molecule has 2 fully saturated rings. The lowest BCUT2D eigenvalue weighted by atomic mass is 9.94. The molecule has 2 saturated carbocycles. The number of carbonyl (C=O) groups excluding carboxylic acids is 1. The largest absolute Gasteiger partial charge is 0.478 e. The number of nitrogens with zero attached hydrogens (tertiary/aromatic N) is 1. The highest BCUT2D eigenvalue weighted by Gasteiger charge is 2.27. The summed E-state index contributed by atoms with van der Waals surface area (Å²) in [6, 6.07) is 11.4. The zero-order valence-electron chi connectivity index (χ0n) is 22.2.